The summed E-state index contributed by atoms with van der Waals surface area (Å²) in [7, 11) is 0. The Morgan fingerprint density at radius 1 is 1.15 bits per heavy atom. The topological polar surface area (TPSA) is 41.1 Å². The quantitative estimate of drug-likeness (QED) is 0.880. The summed E-state index contributed by atoms with van der Waals surface area (Å²) in [5, 5.41) is 8.81. The van der Waals surface area contributed by atoms with Gasteiger partial charge >= 0.3 is 0 Å². The number of hydrogen-bond donors (Lipinski definition) is 2. The number of hydrogen-bond acceptors (Lipinski definition) is 2. The van der Waals surface area contributed by atoms with Crippen molar-refractivity contribution in [2.24, 2.45) is 0 Å². The lowest BCUT2D eigenvalue weighted by atomic mass is 10.1. The van der Waals surface area contributed by atoms with Gasteiger partial charge in [-0.25, -0.2) is 0 Å². The third-order valence-electron chi connectivity index (χ3n) is 3.66. The number of carbonyl (C=O) groups is 1. The summed E-state index contributed by atoms with van der Waals surface area (Å²) in [4.78, 5) is 11.6. The zero-order valence-corrected chi connectivity index (χ0v) is 12.7. The number of carbonyl (C=O) groups excluding carboxylic acids is 1. The molecular formula is C16H17BrN2O. The van der Waals surface area contributed by atoms with E-state index in [9.17, 15) is 4.79 Å². The fourth-order valence-corrected chi connectivity index (χ4v) is 3.02. The molecule has 0 bridgehead atoms. The molecule has 0 radical (unpaired) electrons. The Morgan fingerprint density at radius 3 is 2.85 bits per heavy atom. The molecule has 0 saturated carbocycles. The van der Waals surface area contributed by atoms with Crippen molar-refractivity contribution in [2.45, 2.75) is 25.3 Å². The zero-order valence-electron chi connectivity index (χ0n) is 11.2. The van der Waals surface area contributed by atoms with Crippen molar-refractivity contribution in [1.29, 1.82) is 0 Å². The second kappa shape index (κ2) is 5.83. The Balaban J connectivity index is 1.80. The molecule has 1 saturated heterocycles. The maximum atomic E-state index is 11.6. The Kier molecular flexibility index (Phi) is 3.92. The number of halogens is 1. The van der Waals surface area contributed by atoms with Gasteiger partial charge < -0.3 is 10.6 Å². The molecule has 20 heavy (non-hydrogen) atoms. The monoisotopic (exact) mass is 332 g/mol. The Hall–Kier alpha value is -1.55. The molecule has 0 aliphatic carbocycles. The number of anilines is 1. The predicted octanol–water partition coefficient (Wildman–Crippen LogP) is 3.68. The first-order chi connectivity index (χ1) is 9.70. The number of nitrogens with one attached hydrogen (secondary N) is 2. The molecule has 1 atom stereocenters. The van der Waals surface area contributed by atoms with Crippen LogP contribution in [0.5, 0.6) is 0 Å². The van der Waals surface area contributed by atoms with E-state index >= 15 is 0 Å². The van der Waals surface area contributed by atoms with Crippen molar-refractivity contribution >= 4 is 38.3 Å². The van der Waals surface area contributed by atoms with Crippen LogP contribution >= 0.6 is 15.9 Å². The van der Waals surface area contributed by atoms with Gasteiger partial charge in [-0.05, 0) is 47.9 Å². The standard InChI is InChI=1S/C16H17BrN2O/c17-13-5-3-12-9-15(6-4-11(12)8-13)19-14-2-1-7-18-16(20)10-14/h3-6,8-9,14,19H,1-2,7,10H2,(H,18,20). The maximum absolute atomic E-state index is 11.6. The van der Waals surface area contributed by atoms with E-state index in [0.29, 0.717) is 6.42 Å². The second-order valence-corrected chi connectivity index (χ2v) is 6.16. The molecule has 3 rings (SSSR count). The van der Waals surface area contributed by atoms with Crippen LogP contribution in [0.2, 0.25) is 0 Å². The summed E-state index contributed by atoms with van der Waals surface area (Å²) in [5.74, 6) is 0.143. The number of amides is 1. The van der Waals surface area contributed by atoms with Crippen molar-refractivity contribution in [1.82, 2.24) is 5.32 Å². The Morgan fingerprint density at radius 2 is 1.95 bits per heavy atom. The van der Waals surface area contributed by atoms with Crippen LogP contribution in [0.4, 0.5) is 5.69 Å². The summed E-state index contributed by atoms with van der Waals surface area (Å²) in [6, 6.07) is 12.8. The van der Waals surface area contributed by atoms with Crippen LogP contribution in [0.15, 0.2) is 40.9 Å². The summed E-state index contributed by atoms with van der Waals surface area (Å²) in [6.07, 6.45) is 2.61. The van der Waals surface area contributed by atoms with Crippen molar-refractivity contribution < 1.29 is 4.79 Å². The minimum atomic E-state index is 0.143. The molecule has 1 unspecified atom stereocenters. The van der Waals surface area contributed by atoms with Crippen molar-refractivity contribution in [3.05, 3.63) is 40.9 Å². The molecule has 2 aromatic carbocycles. The maximum Gasteiger partial charge on any atom is 0.222 e. The highest BCUT2D eigenvalue weighted by Gasteiger charge is 2.16. The molecule has 1 aliphatic rings. The second-order valence-electron chi connectivity index (χ2n) is 5.24. The van der Waals surface area contributed by atoms with Gasteiger partial charge in [0.1, 0.15) is 0 Å². The van der Waals surface area contributed by atoms with Crippen LogP contribution in [0.1, 0.15) is 19.3 Å². The van der Waals surface area contributed by atoms with Gasteiger partial charge in [0.15, 0.2) is 0 Å². The lowest BCUT2D eigenvalue weighted by molar-refractivity contribution is -0.120. The summed E-state index contributed by atoms with van der Waals surface area (Å²) >= 11 is 3.49. The molecule has 1 fully saturated rings. The lowest BCUT2D eigenvalue weighted by Gasteiger charge is -2.17. The molecular weight excluding hydrogens is 316 g/mol. The summed E-state index contributed by atoms with van der Waals surface area (Å²) in [5.41, 5.74) is 1.08. The van der Waals surface area contributed by atoms with E-state index in [-0.39, 0.29) is 11.9 Å². The van der Waals surface area contributed by atoms with E-state index in [0.717, 1.165) is 29.5 Å². The van der Waals surface area contributed by atoms with Gasteiger partial charge in [-0.3, -0.25) is 4.79 Å². The van der Waals surface area contributed by atoms with E-state index in [2.05, 4.69) is 56.9 Å². The summed E-state index contributed by atoms with van der Waals surface area (Å²) < 4.78 is 1.09. The molecule has 1 heterocycles. The first-order valence-corrected chi connectivity index (χ1v) is 7.72. The lowest BCUT2D eigenvalue weighted by Crippen LogP contribution is -2.26. The molecule has 104 valence electrons. The fraction of sp³-hybridized carbons (Fsp3) is 0.312. The van der Waals surface area contributed by atoms with E-state index in [1.165, 1.54) is 10.8 Å². The van der Waals surface area contributed by atoms with Gasteiger partial charge in [0.05, 0.1) is 0 Å². The first-order valence-electron chi connectivity index (χ1n) is 6.93. The minimum Gasteiger partial charge on any atom is -0.382 e. The van der Waals surface area contributed by atoms with Crippen molar-refractivity contribution in [3.8, 4) is 0 Å². The highest BCUT2D eigenvalue weighted by molar-refractivity contribution is 9.10. The van der Waals surface area contributed by atoms with Crippen LogP contribution in [0, 0.1) is 0 Å². The number of fused-ring (bicyclic) bond motifs is 1. The predicted molar refractivity (Wildman–Crippen MR) is 85.9 cm³/mol. The third-order valence-corrected chi connectivity index (χ3v) is 4.15. The van der Waals surface area contributed by atoms with Crippen molar-refractivity contribution in [2.75, 3.05) is 11.9 Å². The molecule has 0 spiro atoms. The van der Waals surface area contributed by atoms with Gasteiger partial charge in [-0.1, -0.05) is 28.1 Å². The third kappa shape index (κ3) is 3.12. The average Bonchev–Trinajstić information content (AvgIpc) is 2.63. The van der Waals surface area contributed by atoms with Gasteiger partial charge in [-0.15, -0.1) is 0 Å². The smallest absolute Gasteiger partial charge is 0.222 e. The number of benzene rings is 2. The molecule has 2 N–H and O–H groups in total. The molecule has 1 amide bonds. The number of rotatable bonds is 2. The van der Waals surface area contributed by atoms with Crippen LogP contribution in [0.3, 0.4) is 0 Å². The van der Waals surface area contributed by atoms with Crippen LogP contribution in [-0.2, 0) is 4.79 Å². The molecule has 1 aliphatic heterocycles. The Bertz CT molecular complexity index is 641. The van der Waals surface area contributed by atoms with E-state index < -0.39 is 0 Å². The Labute approximate surface area is 126 Å². The van der Waals surface area contributed by atoms with E-state index in [1.54, 1.807) is 0 Å². The molecule has 2 aromatic rings. The SMILES string of the molecule is O=C1CC(Nc2ccc3cc(Br)ccc3c2)CCCN1. The first kappa shape index (κ1) is 13.4. The van der Waals surface area contributed by atoms with Crippen LogP contribution < -0.4 is 10.6 Å². The van der Waals surface area contributed by atoms with Crippen LogP contribution in [0.25, 0.3) is 10.8 Å². The minimum absolute atomic E-state index is 0.143. The molecule has 3 nitrogen and oxygen atoms in total. The van der Waals surface area contributed by atoms with Gasteiger partial charge in [0.25, 0.3) is 0 Å². The highest BCUT2D eigenvalue weighted by atomic mass is 79.9. The zero-order chi connectivity index (χ0) is 13.9. The van der Waals surface area contributed by atoms with Gasteiger partial charge in [0.2, 0.25) is 5.91 Å². The normalized spacial score (nSPS) is 19.4. The van der Waals surface area contributed by atoms with Gasteiger partial charge in [-0.2, -0.15) is 0 Å². The van der Waals surface area contributed by atoms with Crippen molar-refractivity contribution in [3.63, 3.8) is 0 Å². The fourth-order valence-electron chi connectivity index (χ4n) is 2.64. The van der Waals surface area contributed by atoms with Crippen LogP contribution in [-0.4, -0.2) is 18.5 Å². The van der Waals surface area contributed by atoms with Gasteiger partial charge in [0, 0.05) is 29.2 Å². The van der Waals surface area contributed by atoms with E-state index in [1.807, 2.05) is 6.07 Å². The highest BCUT2D eigenvalue weighted by Crippen LogP contribution is 2.24. The molecule has 0 aromatic heterocycles. The largest absolute Gasteiger partial charge is 0.382 e. The summed E-state index contributed by atoms with van der Waals surface area (Å²) in [6.45, 7) is 0.794. The average molecular weight is 333 g/mol. The van der Waals surface area contributed by atoms with E-state index in [4.69, 9.17) is 0 Å². The molecule has 4 heteroatoms.